The average molecular weight is 467 g/mol. The van der Waals surface area contributed by atoms with Crippen molar-refractivity contribution in [2.24, 2.45) is 0 Å². The fourth-order valence-corrected chi connectivity index (χ4v) is 9.54. The van der Waals surface area contributed by atoms with Crippen molar-refractivity contribution in [1.82, 2.24) is 4.90 Å². The van der Waals surface area contributed by atoms with Crippen LogP contribution < -0.4 is 4.90 Å². The Labute approximate surface area is 183 Å². The minimum Gasteiger partial charge on any atom is -0.369 e. The van der Waals surface area contributed by atoms with E-state index in [1.165, 1.54) is 12.1 Å². The standard InChI is InChI=1S/C22H27FN2O4S2/c1-16-4-3-5-18(12-16)24-8-10-25(11-9-24)20-14-30(26,27)15-22(20)31(28,29)21-13-17(2)6-7-19(21)23/h3-7,12-13,20,22H,8-11,14-15H2,1-2H3/t20-,22-/m0/s1. The Hall–Kier alpha value is -1.97. The quantitative estimate of drug-likeness (QED) is 0.688. The molecule has 0 saturated carbocycles. The van der Waals surface area contributed by atoms with Gasteiger partial charge in [0, 0.05) is 37.9 Å². The van der Waals surface area contributed by atoms with Crippen LogP contribution in [0, 0.1) is 19.7 Å². The molecule has 4 rings (SSSR count). The van der Waals surface area contributed by atoms with Crippen molar-refractivity contribution in [3.8, 4) is 0 Å². The Balaban J connectivity index is 1.58. The summed E-state index contributed by atoms with van der Waals surface area (Å²) in [5, 5.41) is -1.17. The van der Waals surface area contributed by atoms with Gasteiger partial charge in [0.15, 0.2) is 19.7 Å². The number of rotatable bonds is 4. The first kappa shape index (κ1) is 22.2. The van der Waals surface area contributed by atoms with Gasteiger partial charge in [0.1, 0.15) is 10.7 Å². The van der Waals surface area contributed by atoms with Crippen molar-refractivity contribution in [3.63, 3.8) is 0 Å². The lowest BCUT2D eigenvalue weighted by molar-refractivity contribution is 0.201. The van der Waals surface area contributed by atoms with Gasteiger partial charge in [-0.25, -0.2) is 21.2 Å². The highest BCUT2D eigenvalue weighted by atomic mass is 32.2. The van der Waals surface area contributed by atoms with Crippen molar-refractivity contribution in [2.45, 2.75) is 30.0 Å². The molecular weight excluding hydrogens is 439 g/mol. The number of piperazine rings is 1. The van der Waals surface area contributed by atoms with Crippen molar-refractivity contribution >= 4 is 25.4 Å². The van der Waals surface area contributed by atoms with Crippen LogP contribution in [0.4, 0.5) is 10.1 Å². The zero-order chi connectivity index (χ0) is 22.4. The lowest BCUT2D eigenvalue weighted by atomic mass is 10.1. The van der Waals surface area contributed by atoms with Crippen molar-refractivity contribution in [2.75, 3.05) is 42.6 Å². The number of anilines is 1. The van der Waals surface area contributed by atoms with E-state index in [-0.39, 0.29) is 5.75 Å². The molecule has 2 fully saturated rings. The minimum absolute atomic E-state index is 0.214. The first-order chi connectivity index (χ1) is 14.6. The van der Waals surface area contributed by atoms with Crippen LogP contribution in [-0.2, 0) is 19.7 Å². The highest BCUT2D eigenvalue weighted by Gasteiger charge is 2.49. The van der Waals surface area contributed by atoms with E-state index in [0.29, 0.717) is 31.7 Å². The largest absolute Gasteiger partial charge is 0.369 e. The van der Waals surface area contributed by atoms with Gasteiger partial charge in [-0.2, -0.15) is 0 Å². The third kappa shape index (κ3) is 4.49. The van der Waals surface area contributed by atoms with E-state index in [2.05, 4.69) is 11.0 Å². The van der Waals surface area contributed by atoms with Crippen LogP contribution in [0.25, 0.3) is 0 Å². The molecule has 0 spiro atoms. The molecule has 168 valence electrons. The van der Waals surface area contributed by atoms with Gasteiger partial charge in [-0.1, -0.05) is 18.2 Å². The highest BCUT2D eigenvalue weighted by Crippen LogP contribution is 2.31. The van der Waals surface area contributed by atoms with E-state index >= 15 is 0 Å². The number of benzene rings is 2. The maximum absolute atomic E-state index is 14.4. The molecule has 6 nitrogen and oxygen atoms in total. The number of halogens is 1. The van der Waals surface area contributed by atoms with Gasteiger partial charge in [-0.3, -0.25) is 4.90 Å². The number of hydrogen-bond acceptors (Lipinski definition) is 6. The van der Waals surface area contributed by atoms with Crippen LogP contribution in [0.5, 0.6) is 0 Å². The highest BCUT2D eigenvalue weighted by molar-refractivity contribution is 7.96. The molecule has 31 heavy (non-hydrogen) atoms. The van der Waals surface area contributed by atoms with Gasteiger partial charge < -0.3 is 4.90 Å². The molecule has 2 aromatic carbocycles. The third-order valence-electron chi connectivity index (χ3n) is 6.21. The molecule has 2 aliphatic heterocycles. The number of sulfone groups is 2. The summed E-state index contributed by atoms with van der Waals surface area (Å²) < 4.78 is 66.0. The van der Waals surface area contributed by atoms with Gasteiger partial charge >= 0.3 is 0 Å². The molecule has 2 aromatic rings. The SMILES string of the molecule is Cc1cccc(N2CCN([C@H]3CS(=O)(=O)C[C@@H]3S(=O)(=O)c3cc(C)ccc3F)CC2)c1. The molecule has 0 bridgehead atoms. The molecule has 9 heteroatoms. The second kappa shape index (κ2) is 8.18. The second-order valence-electron chi connectivity index (χ2n) is 8.52. The summed E-state index contributed by atoms with van der Waals surface area (Å²) in [4.78, 5) is 3.77. The molecule has 2 saturated heterocycles. The summed E-state index contributed by atoms with van der Waals surface area (Å²) in [6.45, 7) is 6.17. The number of aryl methyl sites for hydroxylation is 2. The summed E-state index contributed by atoms with van der Waals surface area (Å²) >= 11 is 0. The molecule has 2 atom stereocenters. The fourth-order valence-electron chi connectivity index (χ4n) is 4.56. The van der Waals surface area contributed by atoms with Gasteiger partial charge in [0.25, 0.3) is 0 Å². The lowest BCUT2D eigenvalue weighted by Crippen LogP contribution is -2.55. The van der Waals surface area contributed by atoms with Crippen LogP contribution in [-0.4, -0.2) is 70.7 Å². The van der Waals surface area contributed by atoms with E-state index in [1.54, 1.807) is 6.92 Å². The molecule has 0 aromatic heterocycles. The van der Waals surface area contributed by atoms with Crippen molar-refractivity contribution < 1.29 is 21.2 Å². The van der Waals surface area contributed by atoms with Crippen LogP contribution in [0.3, 0.4) is 0 Å². The van der Waals surface area contributed by atoms with E-state index in [9.17, 15) is 21.2 Å². The van der Waals surface area contributed by atoms with Crippen LogP contribution >= 0.6 is 0 Å². The summed E-state index contributed by atoms with van der Waals surface area (Å²) in [6, 6.07) is 11.4. The summed E-state index contributed by atoms with van der Waals surface area (Å²) in [5.74, 6) is -1.52. The summed E-state index contributed by atoms with van der Waals surface area (Å²) in [6.07, 6.45) is 0. The molecule has 0 aliphatic carbocycles. The molecule has 2 heterocycles. The van der Waals surface area contributed by atoms with Gasteiger partial charge in [0.2, 0.25) is 0 Å². The number of hydrogen-bond donors (Lipinski definition) is 0. The van der Waals surface area contributed by atoms with E-state index in [0.717, 1.165) is 17.3 Å². The monoisotopic (exact) mass is 466 g/mol. The first-order valence-corrected chi connectivity index (χ1v) is 13.7. The molecule has 0 amide bonds. The Kier molecular flexibility index (Phi) is 5.87. The smallest absolute Gasteiger partial charge is 0.186 e. The second-order valence-corrected chi connectivity index (χ2v) is 12.8. The molecular formula is C22H27FN2O4S2. The first-order valence-electron chi connectivity index (χ1n) is 10.3. The predicted molar refractivity (Wildman–Crippen MR) is 120 cm³/mol. The van der Waals surface area contributed by atoms with Gasteiger partial charge in [-0.15, -0.1) is 0 Å². The number of nitrogens with zero attached hydrogens (tertiary/aromatic N) is 2. The Morgan fingerprint density at radius 3 is 2.29 bits per heavy atom. The lowest BCUT2D eigenvalue weighted by Gasteiger charge is -2.40. The average Bonchev–Trinajstić information content (AvgIpc) is 3.06. The topological polar surface area (TPSA) is 74.8 Å². The Morgan fingerprint density at radius 1 is 0.935 bits per heavy atom. The van der Waals surface area contributed by atoms with Gasteiger partial charge in [-0.05, 0) is 49.2 Å². The molecule has 0 unspecified atom stereocenters. The fraction of sp³-hybridized carbons (Fsp3) is 0.455. The van der Waals surface area contributed by atoms with Crippen molar-refractivity contribution in [1.29, 1.82) is 0 Å². The van der Waals surface area contributed by atoms with Crippen molar-refractivity contribution in [3.05, 3.63) is 59.4 Å². The summed E-state index contributed by atoms with van der Waals surface area (Å²) in [5.41, 5.74) is 2.88. The predicted octanol–water partition coefficient (Wildman–Crippen LogP) is 2.20. The maximum atomic E-state index is 14.4. The van der Waals surface area contributed by atoms with Crippen LogP contribution in [0.2, 0.25) is 0 Å². The Morgan fingerprint density at radius 2 is 1.61 bits per heavy atom. The zero-order valence-corrected chi connectivity index (χ0v) is 19.3. The summed E-state index contributed by atoms with van der Waals surface area (Å²) in [7, 11) is -7.68. The normalized spacial score (nSPS) is 24.4. The van der Waals surface area contributed by atoms with Crippen LogP contribution in [0.15, 0.2) is 47.4 Å². The van der Waals surface area contributed by atoms with E-state index in [1.807, 2.05) is 30.0 Å². The van der Waals surface area contributed by atoms with E-state index in [4.69, 9.17) is 0 Å². The van der Waals surface area contributed by atoms with Gasteiger partial charge in [0.05, 0.1) is 16.8 Å². The Bertz CT molecular complexity index is 1190. The molecule has 0 radical (unpaired) electrons. The van der Waals surface area contributed by atoms with E-state index < -0.39 is 47.4 Å². The zero-order valence-electron chi connectivity index (χ0n) is 17.7. The third-order valence-corrected chi connectivity index (χ3v) is 10.3. The van der Waals surface area contributed by atoms with Crippen LogP contribution in [0.1, 0.15) is 11.1 Å². The minimum atomic E-state index is -4.14. The molecule has 2 aliphatic rings. The molecule has 0 N–H and O–H groups in total. The maximum Gasteiger partial charge on any atom is 0.186 e.